The van der Waals surface area contributed by atoms with Crippen LogP contribution in [0.2, 0.25) is 0 Å². The number of nitrogens with one attached hydrogen (secondary N) is 1. The molecule has 1 heterocycles. The maximum absolute atomic E-state index is 13.1. The van der Waals surface area contributed by atoms with Gasteiger partial charge in [-0.05, 0) is 33.4 Å². The highest BCUT2D eigenvalue weighted by atomic mass is 16.5. The summed E-state index contributed by atoms with van der Waals surface area (Å²) in [6, 6.07) is 22.7. The van der Waals surface area contributed by atoms with Crippen LogP contribution in [0.5, 0.6) is 0 Å². The van der Waals surface area contributed by atoms with Gasteiger partial charge in [0.2, 0.25) is 5.91 Å². The number of carbonyl (C=O) groups is 3. The van der Waals surface area contributed by atoms with Crippen molar-refractivity contribution in [1.29, 1.82) is 0 Å². The van der Waals surface area contributed by atoms with Crippen LogP contribution in [0.4, 0.5) is 4.79 Å². The van der Waals surface area contributed by atoms with E-state index in [1.807, 2.05) is 60.7 Å². The number of benzene rings is 3. The molecule has 7 nitrogen and oxygen atoms in total. The molecule has 2 aliphatic rings. The summed E-state index contributed by atoms with van der Waals surface area (Å²) in [6.45, 7) is -0.115. The molecule has 1 atom stereocenters. The summed E-state index contributed by atoms with van der Waals surface area (Å²) >= 11 is 0. The number of hydrogen-bond acceptors (Lipinski definition) is 4. The van der Waals surface area contributed by atoms with Crippen LogP contribution in [-0.4, -0.2) is 47.2 Å². The normalized spacial score (nSPS) is 16.8. The molecule has 2 N–H and O–H groups in total. The van der Waals surface area contributed by atoms with Gasteiger partial charge < -0.3 is 20.1 Å². The van der Waals surface area contributed by atoms with E-state index in [1.165, 1.54) is 4.90 Å². The summed E-state index contributed by atoms with van der Waals surface area (Å²) in [6.07, 6.45) is -0.426. The molecule has 0 radical (unpaired) electrons. The lowest BCUT2D eigenvalue weighted by molar-refractivity contribution is -0.145. The van der Waals surface area contributed by atoms with Crippen molar-refractivity contribution < 1.29 is 24.2 Å². The molecule has 2 amide bonds. The zero-order valence-electron chi connectivity index (χ0n) is 18.4. The third-order valence-corrected chi connectivity index (χ3v) is 6.48. The fourth-order valence-electron chi connectivity index (χ4n) is 4.91. The zero-order chi connectivity index (χ0) is 23.7. The molecule has 0 saturated carbocycles. The average Bonchev–Trinajstić information content (AvgIpc) is 3.09. The van der Waals surface area contributed by atoms with E-state index in [2.05, 4.69) is 17.4 Å². The number of amides is 2. The maximum atomic E-state index is 13.1. The summed E-state index contributed by atoms with van der Waals surface area (Å²) in [4.78, 5) is 38.4. The number of fused-ring (bicyclic) bond motifs is 4. The zero-order valence-corrected chi connectivity index (χ0v) is 18.4. The van der Waals surface area contributed by atoms with Crippen molar-refractivity contribution in [3.05, 3.63) is 95.1 Å². The first-order chi connectivity index (χ1) is 16.5. The molecule has 0 spiro atoms. The minimum atomic E-state index is -1.10. The van der Waals surface area contributed by atoms with Crippen molar-refractivity contribution in [2.45, 2.75) is 24.9 Å². The fourth-order valence-corrected chi connectivity index (χ4v) is 4.91. The highest BCUT2D eigenvalue weighted by molar-refractivity contribution is 5.89. The van der Waals surface area contributed by atoms with Gasteiger partial charge in [-0.3, -0.25) is 9.59 Å². The van der Waals surface area contributed by atoms with Gasteiger partial charge in [0.25, 0.3) is 0 Å². The van der Waals surface area contributed by atoms with E-state index in [4.69, 9.17) is 4.74 Å². The van der Waals surface area contributed by atoms with Crippen LogP contribution < -0.4 is 5.32 Å². The Morgan fingerprint density at radius 3 is 2.15 bits per heavy atom. The number of nitrogens with zero attached hydrogens (tertiary/aromatic N) is 1. The number of carboxylic acids is 1. The molecule has 34 heavy (non-hydrogen) atoms. The standard InChI is InChI=1S/C27H24N2O5/c30-25(31)15-29-14-18-8-2-1-7-17(18)13-24(26(29)32)28-27(33)34-16-23-21-11-5-3-9-19(21)20-10-4-6-12-22(20)23/h1-12,23-24H,13-16H2,(H,28,33)(H,30,31)/t24-/m1/s1. The molecular weight excluding hydrogens is 432 g/mol. The van der Waals surface area contributed by atoms with E-state index in [1.54, 1.807) is 0 Å². The molecule has 7 heteroatoms. The summed E-state index contributed by atoms with van der Waals surface area (Å²) in [5, 5.41) is 11.9. The molecule has 1 aliphatic heterocycles. The van der Waals surface area contributed by atoms with Gasteiger partial charge in [0.1, 0.15) is 19.2 Å². The van der Waals surface area contributed by atoms with Gasteiger partial charge in [-0.2, -0.15) is 0 Å². The number of carboxylic acid groups (broad SMARTS) is 1. The Bertz CT molecular complexity index is 1230. The third kappa shape index (κ3) is 4.12. The minimum Gasteiger partial charge on any atom is -0.480 e. The van der Waals surface area contributed by atoms with Crippen molar-refractivity contribution in [3.63, 3.8) is 0 Å². The molecule has 0 saturated heterocycles. The van der Waals surface area contributed by atoms with Gasteiger partial charge in [0.15, 0.2) is 0 Å². The average molecular weight is 456 g/mol. The number of alkyl carbamates (subject to hydrolysis) is 1. The van der Waals surface area contributed by atoms with Crippen LogP contribution >= 0.6 is 0 Å². The molecule has 3 aromatic carbocycles. The number of rotatable bonds is 5. The van der Waals surface area contributed by atoms with Crippen LogP contribution in [-0.2, 0) is 27.3 Å². The third-order valence-electron chi connectivity index (χ3n) is 6.48. The summed E-state index contributed by atoms with van der Waals surface area (Å²) in [5.41, 5.74) is 6.23. The fraction of sp³-hybridized carbons (Fsp3) is 0.222. The Labute approximate surface area is 197 Å². The van der Waals surface area contributed by atoms with Gasteiger partial charge in [-0.1, -0.05) is 72.8 Å². The van der Waals surface area contributed by atoms with Crippen LogP contribution in [0.1, 0.15) is 28.2 Å². The first kappa shape index (κ1) is 21.7. The minimum absolute atomic E-state index is 0.0905. The highest BCUT2D eigenvalue weighted by Crippen LogP contribution is 2.44. The molecule has 0 bridgehead atoms. The lowest BCUT2D eigenvalue weighted by Crippen LogP contribution is -2.49. The van der Waals surface area contributed by atoms with Crippen molar-refractivity contribution in [3.8, 4) is 11.1 Å². The van der Waals surface area contributed by atoms with E-state index >= 15 is 0 Å². The SMILES string of the molecule is O=C(O)CN1Cc2ccccc2C[C@@H](NC(=O)OCC2c3ccccc3-c3ccccc32)C1=O. The van der Waals surface area contributed by atoms with Crippen molar-refractivity contribution in [2.24, 2.45) is 0 Å². The van der Waals surface area contributed by atoms with Crippen LogP contribution in [0, 0.1) is 0 Å². The van der Waals surface area contributed by atoms with Crippen molar-refractivity contribution in [1.82, 2.24) is 10.2 Å². The lowest BCUT2D eigenvalue weighted by Gasteiger charge is -2.23. The monoisotopic (exact) mass is 456 g/mol. The number of hydrogen-bond donors (Lipinski definition) is 2. The second-order valence-electron chi connectivity index (χ2n) is 8.58. The molecule has 0 aromatic heterocycles. The topological polar surface area (TPSA) is 95.9 Å². The maximum Gasteiger partial charge on any atom is 0.407 e. The Kier molecular flexibility index (Phi) is 5.76. The summed E-state index contributed by atoms with van der Waals surface area (Å²) < 4.78 is 5.60. The summed E-state index contributed by atoms with van der Waals surface area (Å²) in [7, 11) is 0. The van der Waals surface area contributed by atoms with E-state index < -0.39 is 30.6 Å². The largest absolute Gasteiger partial charge is 0.480 e. The Balaban J connectivity index is 1.31. The number of aliphatic carboxylic acids is 1. The van der Waals surface area contributed by atoms with Crippen LogP contribution in [0.25, 0.3) is 11.1 Å². The Hall–Kier alpha value is -4.13. The van der Waals surface area contributed by atoms with Gasteiger partial charge in [-0.15, -0.1) is 0 Å². The van der Waals surface area contributed by atoms with E-state index in [9.17, 15) is 19.5 Å². The van der Waals surface area contributed by atoms with Gasteiger partial charge in [0, 0.05) is 18.9 Å². The first-order valence-corrected chi connectivity index (χ1v) is 11.2. The molecule has 0 unspecified atom stereocenters. The van der Waals surface area contributed by atoms with Gasteiger partial charge >= 0.3 is 12.1 Å². The number of ether oxygens (including phenoxy) is 1. The van der Waals surface area contributed by atoms with E-state index in [-0.39, 0.29) is 25.5 Å². The van der Waals surface area contributed by atoms with E-state index in [0.29, 0.717) is 0 Å². The predicted octanol–water partition coefficient (Wildman–Crippen LogP) is 3.56. The number of carbonyl (C=O) groups excluding carboxylic acids is 2. The Morgan fingerprint density at radius 2 is 1.50 bits per heavy atom. The second kappa shape index (κ2) is 9.02. The van der Waals surface area contributed by atoms with E-state index in [0.717, 1.165) is 33.4 Å². The quantitative estimate of drug-likeness (QED) is 0.612. The van der Waals surface area contributed by atoms with Crippen molar-refractivity contribution in [2.75, 3.05) is 13.2 Å². The molecule has 1 aliphatic carbocycles. The smallest absolute Gasteiger partial charge is 0.407 e. The molecule has 3 aromatic rings. The molecular formula is C27H24N2O5. The second-order valence-corrected chi connectivity index (χ2v) is 8.58. The molecule has 172 valence electrons. The molecule has 0 fully saturated rings. The van der Waals surface area contributed by atoms with Gasteiger partial charge in [0.05, 0.1) is 0 Å². The predicted molar refractivity (Wildman–Crippen MR) is 125 cm³/mol. The lowest BCUT2D eigenvalue weighted by atomic mass is 9.98. The highest BCUT2D eigenvalue weighted by Gasteiger charge is 2.33. The summed E-state index contributed by atoms with van der Waals surface area (Å²) in [5.74, 6) is -1.63. The van der Waals surface area contributed by atoms with Gasteiger partial charge in [-0.25, -0.2) is 4.79 Å². The molecule has 5 rings (SSSR count). The first-order valence-electron chi connectivity index (χ1n) is 11.2. The van der Waals surface area contributed by atoms with Crippen LogP contribution in [0.3, 0.4) is 0 Å². The van der Waals surface area contributed by atoms with Crippen LogP contribution in [0.15, 0.2) is 72.8 Å². The Morgan fingerprint density at radius 1 is 0.912 bits per heavy atom. The van der Waals surface area contributed by atoms with Crippen molar-refractivity contribution >= 4 is 18.0 Å².